The molecule has 0 amide bonds. The van der Waals surface area contributed by atoms with Crippen molar-refractivity contribution in [2.75, 3.05) is 17.7 Å². The van der Waals surface area contributed by atoms with E-state index >= 15 is 0 Å². The summed E-state index contributed by atoms with van der Waals surface area (Å²) in [7, 11) is 1.89. The lowest BCUT2D eigenvalue weighted by Crippen LogP contribution is -2.32. The standard InChI is InChI=1S/C15H23N5/c1-15(2)6-4-5-11(9-15)18-13-14-17-7-8-20(14)10-12(16-3)19-13/h7-8,10-11,16H,4-6,9H2,1-3H3,(H,18,19). The van der Waals surface area contributed by atoms with Crippen molar-refractivity contribution in [3.05, 3.63) is 18.6 Å². The fraction of sp³-hybridized carbons (Fsp3) is 0.600. The first-order chi connectivity index (χ1) is 9.57. The van der Waals surface area contributed by atoms with E-state index in [1.807, 2.05) is 30.0 Å². The minimum absolute atomic E-state index is 0.419. The Bertz CT molecular complexity index is 601. The minimum atomic E-state index is 0.419. The quantitative estimate of drug-likeness (QED) is 0.902. The van der Waals surface area contributed by atoms with Gasteiger partial charge in [0, 0.05) is 25.5 Å². The maximum absolute atomic E-state index is 4.63. The molecule has 1 fully saturated rings. The van der Waals surface area contributed by atoms with Crippen LogP contribution in [0.1, 0.15) is 39.5 Å². The molecule has 3 rings (SSSR count). The summed E-state index contributed by atoms with van der Waals surface area (Å²) >= 11 is 0. The van der Waals surface area contributed by atoms with Gasteiger partial charge in [0.1, 0.15) is 5.82 Å². The van der Waals surface area contributed by atoms with Gasteiger partial charge in [0.15, 0.2) is 11.5 Å². The molecule has 1 saturated carbocycles. The number of nitrogens with zero attached hydrogens (tertiary/aromatic N) is 3. The van der Waals surface area contributed by atoms with Gasteiger partial charge in [-0.15, -0.1) is 0 Å². The third-order valence-corrected chi connectivity index (χ3v) is 4.18. The molecule has 0 aliphatic heterocycles. The number of hydrogen-bond acceptors (Lipinski definition) is 4. The van der Waals surface area contributed by atoms with Gasteiger partial charge in [-0.3, -0.25) is 0 Å². The first-order valence-corrected chi connectivity index (χ1v) is 7.35. The third-order valence-electron chi connectivity index (χ3n) is 4.18. The van der Waals surface area contributed by atoms with Crippen molar-refractivity contribution in [1.82, 2.24) is 14.4 Å². The molecule has 0 bridgehead atoms. The van der Waals surface area contributed by atoms with Gasteiger partial charge in [-0.1, -0.05) is 20.3 Å². The van der Waals surface area contributed by atoms with E-state index in [0.29, 0.717) is 11.5 Å². The molecule has 0 radical (unpaired) electrons. The molecular formula is C15H23N5. The molecule has 2 aromatic rings. The topological polar surface area (TPSA) is 54.2 Å². The average Bonchev–Trinajstić information content (AvgIpc) is 2.85. The van der Waals surface area contributed by atoms with Crippen molar-refractivity contribution in [1.29, 1.82) is 0 Å². The van der Waals surface area contributed by atoms with Crippen LogP contribution < -0.4 is 10.6 Å². The summed E-state index contributed by atoms with van der Waals surface area (Å²) in [6.07, 6.45) is 10.7. The van der Waals surface area contributed by atoms with Gasteiger partial charge in [0.25, 0.3) is 0 Å². The molecule has 108 valence electrons. The van der Waals surface area contributed by atoms with E-state index in [0.717, 1.165) is 17.3 Å². The molecule has 20 heavy (non-hydrogen) atoms. The second-order valence-electron chi connectivity index (χ2n) is 6.48. The molecule has 1 atom stereocenters. The fourth-order valence-electron chi connectivity index (χ4n) is 3.16. The van der Waals surface area contributed by atoms with Crippen LogP contribution >= 0.6 is 0 Å². The van der Waals surface area contributed by atoms with E-state index in [9.17, 15) is 0 Å². The van der Waals surface area contributed by atoms with Crippen LogP contribution in [0, 0.1) is 5.41 Å². The number of hydrogen-bond donors (Lipinski definition) is 2. The summed E-state index contributed by atoms with van der Waals surface area (Å²) in [6.45, 7) is 4.70. The summed E-state index contributed by atoms with van der Waals surface area (Å²) in [5, 5.41) is 6.71. The number of fused-ring (bicyclic) bond motifs is 1. The molecule has 1 aliphatic rings. The second-order valence-corrected chi connectivity index (χ2v) is 6.48. The Labute approximate surface area is 119 Å². The Hall–Kier alpha value is -1.78. The first kappa shape index (κ1) is 13.2. The number of aromatic nitrogens is 3. The zero-order valence-corrected chi connectivity index (χ0v) is 12.5. The van der Waals surface area contributed by atoms with Crippen molar-refractivity contribution >= 4 is 17.3 Å². The Kier molecular flexibility index (Phi) is 3.28. The second kappa shape index (κ2) is 4.96. The Morgan fingerprint density at radius 2 is 2.25 bits per heavy atom. The molecule has 5 heteroatoms. The van der Waals surface area contributed by atoms with Crippen LogP contribution in [0.3, 0.4) is 0 Å². The molecule has 1 unspecified atom stereocenters. The lowest BCUT2D eigenvalue weighted by molar-refractivity contribution is 0.229. The molecular weight excluding hydrogens is 250 g/mol. The Morgan fingerprint density at radius 3 is 3.00 bits per heavy atom. The summed E-state index contributed by atoms with van der Waals surface area (Å²) in [4.78, 5) is 9.03. The molecule has 5 nitrogen and oxygen atoms in total. The minimum Gasteiger partial charge on any atom is -0.372 e. The third kappa shape index (κ3) is 2.57. The summed E-state index contributed by atoms with van der Waals surface area (Å²) in [6, 6.07) is 0.485. The van der Waals surface area contributed by atoms with Crippen LogP contribution in [-0.2, 0) is 0 Å². The predicted molar refractivity (Wildman–Crippen MR) is 82.2 cm³/mol. The summed E-state index contributed by atoms with van der Waals surface area (Å²) in [5.74, 6) is 1.73. The van der Waals surface area contributed by atoms with Crippen molar-refractivity contribution in [3.8, 4) is 0 Å². The highest BCUT2D eigenvalue weighted by atomic mass is 15.1. The predicted octanol–water partition coefficient (Wildman–Crippen LogP) is 3.15. The Balaban J connectivity index is 1.88. The largest absolute Gasteiger partial charge is 0.372 e. The number of nitrogens with one attached hydrogen (secondary N) is 2. The highest BCUT2D eigenvalue weighted by molar-refractivity contribution is 5.65. The number of rotatable bonds is 3. The smallest absolute Gasteiger partial charge is 0.180 e. The van der Waals surface area contributed by atoms with Crippen molar-refractivity contribution in [2.45, 2.75) is 45.6 Å². The first-order valence-electron chi connectivity index (χ1n) is 7.35. The van der Waals surface area contributed by atoms with Crippen LogP contribution in [0.2, 0.25) is 0 Å². The normalized spacial score (nSPS) is 21.9. The van der Waals surface area contributed by atoms with E-state index in [1.54, 1.807) is 0 Å². The van der Waals surface area contributed by atoms with Crippen molar-refractivity contribution < 1.29 is 0 Å². The molecule has 1 aliphatic carbocycles. The lowest BCUT2D eigenvalue weighted by Gasteiger charge is -2.35. The van der Waals surface area contributed by atoms with Gasteiger partial charge < -0.3 is 15.0 Å². The fourth-order valence-corrected chi connectivity index (χ4v) is 3.16. The van der Waals surface area contributed by atoms with Gasteiger partial charge in [0.05, 0.1) is 6.20 Å². The van der Waals surface area contributed by atoms with E-state index in [2.05, 4.69) is 34.4 Å². The number of imidazole rings is 1. The maximum Gasteiger partial charge on any atom is 0.180 e. The van der Waals surface area contributed by atoms with Crippen LogP contribution in [0.15, 0.2) is 18.6 Å². The van der Waals surface area contributed by atoms with E-state index < -0.39 is 0 Å². The average molecular weight is 273 g/mol. The number of anilines is 2. The highest BCUT2D eigenvalue weighted by Crippen LogP contribution is 2.36. The van der Waals surface area contributed by atoms with Gasteiger partial charge >= 0.3 is 0 Å². The zero-order valence-electron chi connectivity index (χ0n) is 12.5. The van der Waals surface area contributed by atoms with Crippen LogP contribution in [0.4, 0.5) is 11.6 Å². The van der Waals surface area contributed by atoms with Gasteiger partial charge in [-0.05, 0) is 24.7 Å². The van der Waals surface area contributed by atoms with E-state index in [4.69, 9.17) is 0 Å². The van der Waals surface area contributed by atoms with E-state index in [1.165, 1.54) is 25.7 Å². The van der Waals surface area contributed by atoms with Crippen molar-refractivity contribution in [3.63, 3.8) is 0 Å². The lowest BCUT2D eigenvalue weighted by atomic mass is 9.75. The molecule has 2 heterocycles. The van der Waals surface area contributed by atoms with Crippen molar-refractivity contribution in [2.24, 2.45) is 5.41 Å². The maximum atomic E-state index is 4.63. The van der Waals surface area contributed by atoms with Gasteiger partial charge in [-0.2, -0.15) is 0 Å². The van der Waals surface area contributed by atoms with Gasteiger partial charge in [0.2, 0.25) is 0 Å². The zero-order chi connectivity index (χ0) is 14.2. The Morgan fingerprint density at radius 1 is 1.40 bits per heavy atom. The summed E-state index contributed by atoms with van der Waals surface area (Å²) < 4.78 is 2.01. The molecule has 0 spiro atoms. The molecule has 0 aromatic carbocycles. The molecule has 2 N–H and O–H groups in total. The van der Waals surface area contributed by atoms with Gasteiger partial charge in [-0.25, -0.2) is 9.97 Å². The van der Waals surface area contributed by atoms with E-state index in [-0.39, 0.29) is 0 Å². The van der Waals surface area contributed by atoms with Crippen LogP contribution in [0.25, 0.3) is 5.65 Å². The molecule has 2 aromatic heterocycles. The SMILES string of the molecule is CNc1cn2ccnc2c(NC2CCCC(C)(C)C2)n1. The van der Waals surface area contributed by atoms with Crippen LogP contribution in [0.5, 0.6) is 0 Å². The summed E-state index contributed by atoms with van der Waals surface area (Å²) in [5.41, 5.74) is 1.31. The molecule has 0 saturated heterocycles. The highest BCUT2D eigenvalue weighted by Gasteiger charge is 2.28. The monoisotopic (exact) mass is 273 g/mol. The van der Waals surface area contributed by atoms with Crippen LogP contribution in [-0.4, -0.2) is 27.5 Å².